The first-order chi connectivity index (χ1) is 8.54. The Morgan fingerprint density at radius 2 is 2.39 bits per heavy atom. The number of nitrogens with two attached hydrogens (primary N) is 1. The van der Waals surface area contributed by atoms with Crippen LogP contribution in [0.5, 0.6) is 0 Å². The van der Waals surface area contributed by atoms with Crippen molar-refractivity contribution in [2.24, 2.45) is 5.73 Å². The third-order valence-corrected chi connectivity index (χ3v) is 3.45. The monoisotopic (exact) mass is 271 g/mol. The lowest BCUT2D eigenvalue weighted by Crippen LogP contribution is -2.41. The van der Waals surface area contributed by atoms with Gasteiger partial charge in [-0.2, -0.15) is 0 Å². The summed E-state index contributed by atoms with van der Waals surface area (Å²) in [5.41, 5.74) is 6.77. The Morgan fingerprint density at radius 3 is 2.94 bits per heavy atom. The molecule has 0 saturated heterocycles. The summed E-state index contributed by atoms with van der Waals surface area (Å²) in [5.74, 6) is -0.0447. The lowest BCUT2D eigenvalue weighted by molar-refractivity contribution is -0.132. The molecular weight excluding hydrogens is 250 g/mol. The van der Waals surface area contributed by atoms with Gasteiger partial charge >= 0.3 is 0 Å². The summed E-state index contributed by atoms with van der Waals surface area (Å²) in [4.78, 5) is 17.9. The van der Waals surface area contributed by atoms with Crippen molar-refractivity contribution in [2.45, 2.75) is 32.4 Å². The normalized spacial score (nSPS) is 12.4. The van der Waals surface area contributed by atoms with Gasteiger partial charge in [0.2, 0.25) is 5.91 Å². The Bertz CT molecular complexity index is 381. The van der Waals surface area contributed by atoms with Crippen molar-refractivity contribution in [3.63, 3.8) is 0 Å². The predicted octanol–water partition coefficient (Wildman–Crippen LogP) is 1.16. The van der Waals surface area contributed by atoms with Gasteiger partial charge in [0, 0.05) is 26.1 Å². The fourth-order valence-corrected chi connectivity index (χ4v) is 2.26. The van der Waals surface area contributed by atoms with Crippen molar-refractivity contribution in [3.8, 4) is 0 Å². The molecule has 0 spiro atoms. The number of aryl methyl sites for hydroxylation is 1. The third kappa shape index (κ3) is 4.72. The molecule has 0 aliphatic carbocycles. The van der Waals surface area contributed by atoms with Crippen molar-refractivity contribution in [1.29, 1.82) is 0 Å². The maximum atomic E-state index is 12.0. The summed E-state index contributed by atoms with van der Waals surface area (Å²) in [6, 6.07) is -0.454. The Balaban J connectivity index is 2.40. The number of thiazole rings is 1. The van der Waals surface area contributed by atoms with Gasteiger partial charge in [-0.25, -0.2) is 4.98 Å². The molecule has 0 radical (unpaired) electrons. The topological polar surface area (TPSA) is 68.5 Å². The Kier molecular flexibility index (Phi) is 6.24. The van der Waals surface area contributed by atoms with Gasteiger partial charge in [0.05, 0.1) is 23.3 Å². The molecule has 0 aromatic carbocycles. The zero-order valence-corrected chi connectivity index (χ0v) is 12.0. The maximum Gasteiger partial charge on any atom is 0.239 e. The van der Waals surface area contributed by atoms with Crippen LogP contribution in [-0.2, 0) is 16.1 Å². The van der Waals surface area contributed by atoms with E-state index < -0.39 is 6.04 Å². The lowest BCUT2D eigenvalue weighted by Gasteiger charge is -2.20. The van der Waals surface area contributed by atoms with Crippen LogP contribution in [0, 0.1) is 6.92 Å². The van der Waals surface area contributed by atoms with E-state index in [4.69, 9.17) is 10.5 Å². The lowest BCUT2D eigenvalue weighted by atomic mass is 10.1. The van der Waals surface area contributed by atoms with E-state index in [1.54, 1.807) is 30.4 Å². The number of likely N-dealkylation sites (N-methyl/N-ethyl adjacent to an activating group) is 1. The molecule has 0 aliphatic heterocycles. The van der Waals surface area contributed by atoms with Gasteiger partial charge in [-0.05, 0) is 19.8 Å². The summed E-state index contributed by atoms with van der Waals surface area (Å²) in [6.07, 6.45) is 1.44. The minimum Gasteiger partial charge on any atom is -0.385 e. The van der Waals surface area contributed by atoms with E-state index in [0.29, 0.717) is 19.6 Å². The fourth-order valence-electron chi connectivity index (χ4n) is 1.66. The quantitative estimate of drug-likeness (QED) is 0.756. The van der Waals surface area contributed by atoms with Crippen molar-refractivity contribution in [2.75, 3.05) is 20.8 Å². The van der Waals surface area contributed by atoms with Gasteiger partial charge in [0.15, 0.2) is 0 Å². The smallest absolute Gasteiger partial charge is 0.239 e. The molecule has 0 aliphatic rings. The van der Waals surface area contributed by atoms with E-state index in [2.05, 4.69) is 4.98 Å². The molecular formula is C12H21N3O2S. The molecule has 102 valence electrons. The second-order valence-electron chi connectivity index (χ2n) is 4.29. The number of amides is 1. The standard InChI is InChI=1S/C12H21N3O2S/c1-9-14-10(8-18-9)7-15(2)12(16)11(13)5-4-6-17-3/h8,11H,4-7,13H2,1-3H3. The third-order valence-electron chi connectivity index (χ3n) is 2.62. The number of carbonyl (C=O) groups is 1. The Morgan fingerprint density at radius 1 is 1.67 bits per heavy atom. The summed E-state index contributed by atoms with van der Waals surface area (Å²) in [5, 5.41) is 2.98. The van der Waals surface area contributed by atoms with Crippen molar-refractivity contribution < 1.29 is 9.53 Å². The van der Waals surface area contributed by atoms with Gasteiger partial charge in [0.1, 0.15) is 0 Å². The molecule has 18 heavy (non-hydrogen) atoms. The number of methoxy groups -OCH3 is 1. The van der Waals surface area contributed by atoms with Gasteiger partial charge in [-0.15, -0.1) is 11.3 Å². The fraction of sp³-hybridized carbons (Fsp3) is 0.667. The molecule has 5 nitrogen and oxygen atoms in total. The first-order valence-electron chi connectivity index (χ1n) is 5.95. The number of carbonyl (C=O) groups excluding carboxylic acids is 1. The van der Waals surface area contributed by atoms with Crippen LogP contribution in [0.25, 0.3) is 0 Å². The molecule has 1 atom stereocenters. The molecule has 0 saturated carbocycles. The van der Waals surface area contributed by atoms with E-state index in [9.17, 15) is 4.79 Å². The van der Waals surface area contributed by atoms with Gasteiger partial charge in [-0.3, -0.25) is 4.79 Å². The van der Waals surface area contributed by atoms with Crippen LogP contribution in [0.1, 0.15) is 23.5 Å². The highest BCUT2D eigenvalue weighted by Crippen LogP contribution is 2.10. The van der Waals surface area contributed by atoms with Crippen molar-refractivity contribution in [1.82, 2.24) is 9.88 Å². The van der Waals surface area contributed by atoms with Crippen LogP contribution in [0.4, 0.5) is 0 Å². The molecule has 1 aromatic heterocycles. The molecule has 1 amide bonds. The van der Waals surface area contributed by atoms with Gasteiger partial charge < -0.3 is 15.4 Å². The van der Waals surface area contributed by atoms with Crippen LogP contribution < -0.4 is 5.73 Å². The van der Waals surface area contributed by atoms with E-state index in [-0.39, 0.29) is 5.91 Å². The molecule has 0 fully saturated rings. The van der Waals surface area contributed by atoms with Crippen molar-refractivity contribution in [3.05, 3.63) is 16.1 Å². The predicted molar refractivity (Wildman–Crippen MR) is 72.4 cm³/mol. The van der Waals surface area contributed by atoms with E-state index in [1.807, 2.05) is 12.3 Å². The number of ether oxygens (including phenoxy) is 1. The number of nitrogens with zero attached hydrogens (tertiary/aromatic N) is 2. The SMILES string of the molecule is COCCCC(N)C(=O)N(C)Cc1csc(C)n1. The average Bonchev–Trinajstić information content (AvgIpc) is 2.73. The van der Waals surface area contributed by atoms with E-state index in [0.717, 1.165) is 17.1 Å². The Hall–Kier alpha value is -0.980. The van der Waals surface area contributed by atoms with E-state index >= 15 is 0 Å². The zero-order chi connectivity index (χ0) is 13.5. The first-order valence-corrected chi connectivity index (χ1v) is 6.83. The minimum atomic E-state index is -0.454. The highest BCUT2D eigenvalue weighted by atomic mass is 32.1. The molecule has 1 rings (SSSR count). The van der Waals surface area contributed by atoms with Crippen LogP contribution >= 0.6 is 11.3 Å². The summed E-state index contributed by atoms with van der Waals surface area (Å²) >= 11 is 1.59. The highest BCUT2D eigenvalue weighted by molar-refractivity contribution is 7.09. The summed E-state index contributed by atoms with van der Waals surface area (Å²) < 4.78 is 4.94. The molecule has 0 bridgehead atoms. The first kappa shape index (κ1) is 15.1. The Labute approximate surface area is 112 Å². The molecule has 1 aromatic rings. The van der Waals surface area contributed by atoms with E-state index in [1.165, 1.54) is 0 Å². The van der Waals surface area contributed by atoms with Crippen LogP contribution in [-0.4, -0.2) is 42.6 Å². The van der Waals surface area contributed by atoms with Crippen LogP contribution in [0.15, 0.2) is 5.38 Å². The number of hydrogen-bond donors (Lipinski definition) is 1. The zero-order valence-electron chi connectivity index (χ0n) is 11.2. The van der Waals surface area contributed by atoms with Crippen molar-refractivity contribution >= 4 is 17.2 Å². The second-order valence-corrected chi connectivity index (χ2v) is 5.36. The highest BCUT2D eigenvalue weighted by Gasteiger charge is 2.18. The summed E-state index contributed by atoms with van der Waals surface area (Å²) in [6.45, 7) is 3.10. The molecule has 1 heterocycles. The minimum absolute atomic E-state index is 0.0447. The number of aromatic nitrogens is 1. The summed E-state index contributed by atoms with van der Waals surface area (Å²) in [7, 11) is 3.40. The van der Waals surface area contributed by atoms with Crippen LogP contribution in [0.2, 0.25) is 0 Å². The molecule has 1 unspecified atom stereocenters. The molecule has 2 N–H and O–H groups in total. The number of rotatable bonds is 7. The maximum absolute atomic E-state index is 12.0. The second kappa shape index (κ2) is 7.45. The molecule has 6 heteroatoms. The number of hydrogen-bond acceptors (Lipinski definition) is 5. The average molecular weight is 271 g/mol. The van der Waals surface area contributed by atoms with Gasteiger partial charge in [0.25, 0.3) is 0 Å². The van der Waals surface area contributed by atoms with Crippen LogP contribution in [0.3, 0.4) is 0 Å². The van der Waals surface area contributed by atoms with Gasteiger partial charge in [-0.1, -0.05) is 0 Å². The largest absolute Gasteiger partial charge is 0.385 e.